The maximum atomic E-state index is 6.78. The average Bonchev–Trinajstić information content (AvgIpc) is 3.69. The molecule has 3 nitrogen and oxygen atoms in total. The number of anilines is 1. The normalized spacial score (nSPS) is 13.9. The van der Waals surface area contributed by atoms with Crippen LogP contribution in [0.15, 0.2) is 200 Å². The molecule has 0 amide bonds. The predicted molar refractivity (Wildman–Crippen MR) is 216 cm³/mol. The molecule has 7 aromatic carbocycles. The second-order valence-electron chi connectivity index (χ2n) is 13.8. The first-order chi connectivity index (χ1) is 26.1. The maximum absolute atomic E-state index is 6.78. The Kier molecular flexibility index (Phi) is 6.93. The van der Waals surface area contributed by atoms with Crippen molar-refractivity contribution in [2.24, 2.45) is 0 Å². The highest BCUT2D eigenvalue weighted by Gasteiger charge is 2.52. The minimum atomic E-state index is -0.466. The van der Waals surface area contributed by atoms with Gasteiger partial charge in [-0.15, -0.1) is 0 Å². The number of nitrogens with zero attached hydrogens (tertiary/aromatic N) is 1. The first-order valence-corrected chi connectivity index (χ1v) is 18.0. The molecule has 0 fully saturated rings. The van der Waals surface area contributed by atoms with Crippen molar-refractivity contribution in [2.45, 2.75) is 5.41 Å². The Morgan fingerprint density at radius 2 is 1.02 bits per heavy atom. The van der Waals surface area contributed by atoms with Gasteiger partial charge in [0.1, 0.15) is 0 Å². The summed E-state index contributed by atoms with van der Waals surface area (Å²) < 4.78 is 13.5. The number of benzene rings is 7. The third-order valence-electron chi connectivity index (χ3n) is 11.1. The molecule has 53 heavy (non-hydrogen) atoms. The lowest BCUT2D eigenvalue weighted by Crippen LogP contribution is -2.26. The molecule has 0 radical (unpaired) electrons. The molecule has 7 aromatic rings. The van der Waals surface area contributed by atoms with E-state index in [2.05, 4.69) is 171 Å². The lowest BCUT2D eigenvalue weighted by Gasteiger charge is -2.32. The molecule has 1 spiro atoms. The number of hydrogen-bond acceptors (Lipinski definition) is 3. The van der Waals surface area contributed by atoms with Gasteiger partial charge in [0.15, 0.2) is 23.0 Å². The second-order valence-corrected chi connectivity index (χ2v) is 13.8. The minimum absolute atomic E-state index is 0.466. The van der Waals surface area contributed by atoms with Crippen molar-refractivity contribution in [3.63, 3.8) is 0 Å². The molecule has 0 bridgehead atoms. The van der Waals surface area contributed by atoms with E-state index in [1.54, 1.807) is 6.08 Å². The molecule has 0 aromatic heterocycles. The highest BCUT2D eigenvalue weighted by atomic mass is 16.6. The molecule has 10 rings (SSSR count). The van der Waals surface area contributed by atoms with Crippen molar-refractivity contribution >= 4 is 5.69 Å². The Labute approximate surface area is 310 Å². The summed E-state index contributed by atoms with van der Waals surface area (Å²) in [7, 11) is 2.00. The van der Waals surface area contributed by atoms with Gasteiger partial charge in [0.05, 0.1) is 11.1 Å². The number of allylic oxidation sites excluding steroid dienone is 1. The number of ether oxygens (including phenoxy) is 2. The molecule has 1 heterocycles. The van der Waals surface area contributed by atoms with Crippen LogP contribution < -0.4 is 14.4 Å². The third kappa shape index (κ3) is 4.54. The smallest absolute Gasteiger partial charge is 0.193 e. The number of fused-ring (bicyclic) bond motifs is 11. The summed E-state index contributed by atoms with van der Waals surface area (Å²) in [4.78, 5) is 2.04. The molecule has 0 saturated heterocycles. The van der Waals surface area contributed by atoms with Gasteiger partial charge in [-0.2, -0.15) is 0 Å². The fourth-order valence-electron chi connectivity index (χ4n) is 8.61. The molecule has 0 saturated carbocycles. The van der Waals surface area contributed by atoms with Crippen molar-refractivity contribution < 1.29 is 9.47 Å². The third-order valence-corrected chi connectivity index (χ3v) is 11.1. The molecular weight excluding hydrogens is 647 g/mol. The maximum Gasteiger partial charge on any atom is 0.193 e. The van der Waals surface area contributed by atoms with Gasteiger partial charge >= 0.3 is 0 Å². The van der Waals surface area contributed by atoms with Crippen molar-refractivity contribution in [1.82, 2.24) is 0 Å². The van der Waals surface area contributed by atoms with E-state index in [-0.39, 0.29) is 0 Å². The van der Waals surface area contributed by atoms with Crippen LogP contribution in [-0.4, -0.2) is 7.05 Å². The first-order valence-electron chi connectivity index (χ1n) is 18.0. The Balaban J connectivity index is 1.01. The first kappa shape index (κ1) is 30.9. The van der Waals surface area contributed by atoms with E-state index in [0.717, 1.165) is 22.4 Å². The standard InChI is InChI=1S/C50H35NO2/c1-4-46-49(32(2)51(3)37-18-14-17-36(29-37)35-27-25-34(26-28-35)33-15-6-5-7-16-33)53-47-30-41-40-21-10-13-24-44(40)50(45(41)31-48(47)52-46)42-22-11-8-19-38(42)39-20-9-12-23-43(39)50/h4-31H,1-2H2,3H3. The highest BCUT2D eigenvalue weighted by molar-refractivity contribution is 5.95. The average molecular weight is 682 g/mol. The van der Waals surface area contributed by atoms with Gasteiger partial charge in [-0.3, -0.25) is 0 Å². The van der Waals surface area contributed by atoms with Crippen LogP contribution in [0.3, 0.4) is 0 Å². The zero-order chi connectivity index (χ0) is 35.7. The summed E-state index contributed by atoms with van der Waals surface area (Å²) in [5.41, 5.74) is 15.7. The van der Waals surface area contributed by atoms with E-state index in [1.807, 2.05) is 18.0 Å². The van der Waals surface area contributed by atoms with Gasteiger partial charge in [-0.25, -0.2) is 0 Å². The van der Waals surface area contributed by atoms with E-state index in [0.29, 0.717) is 28.7 Å². The van der Waals surface area contributed by atoms with Gasteiger partial charge < -0.3 is 14.4 Å². The van der Waals surface area contributed by atoms with Crippen molar-refractivity contribution in [2.75, 3.05) is 11.9 Å². The summed E-state index contributed by atoms with van der Waals surface area (Å²) >= 11 is 0. The SMILES string of the molecule is C=CC1=C(C(=C)N(C)c2cccc(-c3ccc(-c4ccccc4)cc3)c2)Oc2cc3c(cc2O1)C1(c2ccccc2-c2ccccc21)c1ccccc1-3. The molecule has 0 unspecified atom stereocenters. The predicted octanol–water partition coefficient (Wildman–Crippen LogP) is 12.2. The van der Waals surface area contributed by atoms with Crippen LogP contribution in [-0.2, 0) is 5.41 Å². The second kappa shape index (κ2) is 11.9. The molecule has 2 aliphatic carbocycles. The van der Waals surface area contributed by atoms with E-state index >= 15 is 0 Å². The van der Waals surface area contributed by atoms with Crippen LogP contribution in [0.2, 0.25) is 0 Å². The van der Waals surface area contributed by atoms with Gasteiger partial charge in [0.2, 0.25) is 0 Å². The van der Waals surface area contributed by atoms with Crippen LogP contribution in [0.4, 0.5) is 5.69 Å². The van der Waals surface area contributed by atoms with E-state index in [4.69, 9.17) is 9.47 Å². The summed E-state index contributed by atoms with van der Waals surface area (Å²) in [6, 6.07) is 58.3. The van der Waals surface area contributed by atoms with Crippen LogP contribution in [0.5, 0.6) is 11.5 Å². The van der Waals surface area contributed by atoms with E-state index in [9.17, 15) is 0 Å². The summed E-state index contributed by atoms with van der Waals surface area (Å²) in [6.45, 7) is 8.62. The zero-order valence-electron chi connectivity index (χ0n) is 29.3. The largest absolute Gasteiger partial charge is 0.449 e. The Morgan fingerprint density at radius 1 is 0.509 bits per heavy atom. The monoisotopic (exact) mass is 681 g/mol. The fourth-order valence-corrected chi connectivity index (χ4v) is 8.61. The van der Waals surface area contributed by atoms with Crippen LogP contribution in [0.1, 0.15) is 22.3 Å². The van der Waals surface area contributed by atoms with Gasteiger partial charge in [-0.1, -0.05) is 153 Å². The Hall–Kier alpha value is -6.84. The van der Waals surface area contributed by atoms with Crippen LogP contribution in [0.25, 0.3) is 44.5 Å². The molecule has 0 N–H and O–H groups in total. The number of rotatable bonds is 6. The topological polar surface area (TPSA) is 21.7 Å². The highest BCUT2D eigenvalue weighted by Crippen LogP contribution is 2.64. The van der Waals surface area contributed by atoms with Crippen molar-refractivity contribution in [3.8, 4) is 56.0 Å². The molecule has 252 valence electrons. The Morgan fingerprint density at radius 3 is 1.64 bits per heavy atom. The van der Waals surface area contributed by atoms with Crippen LogP contribution in [0, 0.1) is 0 Å². The molecular formula is C50H35NO2. The quantitative estimate of drug-likeness (QED) is 0.174. The molecule has 0 atom stereocenters. The summed E-state index contributed by atoms with van der Waals surface area (Å²) in [6.07, 6.45) is 1.71. The Bertz CT molecular complexity index is 2620. The van der Waals surface area contributed by atoms with E-state index < -0.39 is 5.41 Å². The summed E-state index contributed by atoms with van der Waals surface area (Å²) in [5.74, 6) is 2.37. The van der Waals surface area contributed by atoms with Gasteiger partial charge in [0.25, 0.3) is 0 Å². The van der Waals surface area contributed by atoms with Gasteiger partial charge in [0, 0.05) is 12.7 Å². The van der Waals surface area contributed by atoms with E-state index in [1.165, 1.54) is 50.1 Å². The molecule has 3 heteroatoms. The van der Waals surface area contributed by atoms with Crippen molar-refractivity contribution in [3.05, 3.63) is 222 Å². The lowest BCUT2D eigenvalue weighted by atomic mass is 9.70. The summed E-state index contributed by atoms with van der Waals surface area (Å²) in [5, 5.41) is 0. The van der Waals surface area contributed by atoms with Gasteiger partial charge in [-0.05, 0) is 97.1 Å². The minimum Gasteiger partial charge on any atom is -0.449 e. The molecule has 3 aliphatic rings. The number of likely N-dealkylation sites (N-methyl/N-ethyl adjacent to an activating group) is 1. The van der Waals surface area contributed by atoms with Crippen LogP contribution >= 0.6 is 0 Å². The molecule has 1 aliphatic heterocycles. The van der Waals surface area contributed by atoms with Crippen molar-refractivity contribution in [1.29, 1.82) is 0 Å². The zero-order valence-corrected chi connectivity index (χ0v) is 29.3. The lowest BCUT2D eigenvalue weighted by molar-refractivity contribution is 0.310. The fraction of sp³-hybridized carbons (Fsp3) is 0.0400. The number of hydrogen-bond donors (Lipinski definition) is 0.